The van der Waals surface area contributed by atoms with Crippen LogP contribution in [0.2, 0.25) is 5.15 Å². The number of pyridine rings is 1. The molecule has 0 saturated carbocycles. The molecule has 0 radical (unpaired) electrons. The number of amides is 1. The Morgan fingerprint density at radius 2 is 1.84 bits per heavy atom. The molecule has 4 rings (SSSR count). The zero-order chi connectivity index (χ0) is 31.4. The first-order valence-corrected chi connectivity index (χ1v) is 13.6. The number of carbonyl (C=O) groups is 3. The number of aromatic nitrogens is 4. The largest absolute Gasteiger partial charge is 0.428 e. The lowest BCUT2D eigenvalue weighted by Gasteiger charge is -2.35. The highest BCUT2D eigenvalue weighted by Gasteiger charge is 2.28. The van der Waals surface area contributed by atoms with Gasteiger partial charge in [0.2, 0.25) is 6.79 Å². The van der Waals surface area contributed by atoms with E-state index in [1.807, 2.05) is 11.9 Å². The van der Waals surface area contributed by atoms with Crippen LogP contribution in [-0.2, 0) is 14.3 Å². The number of anilines is 3. The van der Waals surface area contributed by atoms with Crippen LogP contribution in [0.1, 0.15) is 52.2 Å². The van der Waals surface area contributed by atoms with E-state index in [4.69, 9.17) is 26.8 Å². The number of benzene rings is 1. The number of rotatable bonds is 9. The van der Waals surface area contributed by atoms with E-state index in [0.717, 1.165) is 13.1 Å². The molecular formula is C27H31ClF2N8O5. The number of nitrogens with zero attached hydrogens (tertiary/aromatic N) is 6. The number of nitrogens with one attached hydrogen (secondary N) is 1. The van der Waals surface area contributed by atoms with Gasteiger partial charge in [-0.2, -0.15) is 0 Å². The third kappa shape index (κ3) is 7.17. The molecule has 0 spiro atoms. The lowest BCUT2D eigenvalue weighted by Crippen LogP contribution is -2.44. The molecular weight excluding hydrogens is 590 g/mol. The minimum Gasteiger partial charge on any atom is -0.428 e. The van der Waals surface area contributed by atoms with E-state index < -0.39 is 48.0 Å². The smallest absolute Gasteiger partial charge is 0.363 e. The normalized spacial score (nSPS) is 13.8. The Bertz CT molecular complexity index is 1530. The Balaban J connectivity index is 1.65. The molecule has 1 aliphatic rings. The van der Waals surface area contributed by atoms with Crippen LogP contribution in [0, 0.1) is 12.8 Å². The summed E-state index contributed by atoms with van der Waals surface area (Å²) in [5.41, 5.74) is 5.90. The van der Waals surface area contributed by atoms with Crippen LogP contribution in [0.4, 0.5) is 26.0 Å². The van der Waals surface area contributed by atoms with Crippen molar-refractivity contribution in [1.29, 1.82) is 0 Å². The Morgan fingerprint density at radius 1 is 1.14 bits per heavy atom. The van der Waals surface area contributed by atoms with E-state index >= 15 is 0 Å². The van der Waals surface area contributed by atoms with Crippen LogP contribution in [0.3, 0.4) is 0 Å². The Hall–Kier alpha value is -4.37. The van der Waals surface area contributed by atoms with Crippen LogP contribution in [-0.4, -0.2) is 82.7 Å². The van der Waals surface area contributed by atoms with Crippen LogP contribution < -0.4 is 16.0 Å². The minimum atomic E-state index is -3.03. The molecule has 3 N–H and O–H groups in total. The average Bonchev–Trinajstić information content (AvgIpc) is 3.45. The molecule has 0 aliphatic carbocycles. The Labute approximate surface area is 250 Å². The maximum absolute atomic E-state index is 14.0. The fourth-order valence-corrected chi connectivity index (χ4v) is 4.53. The van der Waals surface area contributed by atoms with Gasteiger partial charge in [0.15, 0.2) is 5.69 Å². The number of hydrogen-bond acceptors (Lipinski definition) is 11. The van der Waals surface area contributed by atoms with Crippen molar-refractivity contribution < 1.29 is 32.6 Å². The van der Waals surface area contributed by atoms with Gasteiger partial charge in [0.05, 0.1) is 34.7 Å². The van der Waals surface area contributed by atoms with Gasteiger partial charge in [-0.25, -0.2) is 23.2 Å². The number of nitrogens with two attached hydrogens (primary N) is 1. The second kappa shape index (κ2) is 13.3. The Kier molecular flexibility index (Phi) is 9.76. The third-order valence-corrected chi connectivity index (χ3v) is 7.17. The zero-order valence-electron chi connectivity index (χ0n) is 23.9. The number of carbonyl (C=O) groups excluding carboxylic acids is 3. The highest BCUT2D eigenvalue weighted by atomic mass is 35.5. The molecule has 0 unspecified atom stereocenters. The summed E-state index contributed by atoms with van der Waals surface area (Å²) < 4.78 is 39.1. The number of nitrogen functional groups attached to an aromatic ring is 1. The quantitative estimate of drug-likeness (QED) is 0.205. The summed E-state index contributed by atoms with van der Waals surface area (Å²) >= 11 is 5.97. The fraction of sp³-hybridized carbons (Fsp3) is 0.407. The van der Waals surface area contributed by atoms with Gasteiger partial charge in [-0.05, 0) is 37.7 Å². The molecule has 3 aromatic rings. The van der Waals surface area contributed by atoms with Crippen molar-refractivity contribution in [2.45, 2.75) is 27.2 Å². The van der Waals surface area contributed by atoms with E-state index in [-0.39, 0.29) is 28.0 Å². The van der Waals surface area contributed by atoms with Gasteiger partial charge >= 0.3 is 11.9 Å². The molecule has 1 aliphatic heterocycles. The average molecular weight is 621 g/mol. The van der Waals surface area contributed by atoms with Crippen molar-refractivity contribution in [1.82, 2.24) is 24.9 Å². The van der Waals surface area contributed by atoms with Crippen molar-refractivity contribution in [3.8, 4) is 5.69 Å². The maximum atomic E-state index is 14.0. The van der Waals surface area contributed by atoms with Gasteiger partial charge in [-0.1, -0.05) is 30.7 Å². The first-order chi connectivity index (χ1) is 20.4. The molecule has 13 nitrogen and oxygen atoms in total. The van der Waals surface area contributed by atoms with E-state index in [2.05, 4.69) is 25.5 Å². The molecule has 43 heavy (non-hydrogen) atoms. The molecule has 1 aromatic carbocycles. The second-order valence-corrected chi connectivity index (χ2v) is 10.5. The molecule has 3 heterocycles. The summed E-state index contributed by atoms with van der Waals surface area (Å²) in [7, 11) is 2.00. The number of halogens is 3. The molecule has 1 saturated heterocycles. The van der Waals surface area contributed by atoms with Crippen molar-refractivity contribution >= 4 is 46.6 Å². The van der Waals surface area contributed by atoms with Gasteiger partial charge in [0.1, 0.15) is 11.0 Å². The molecule has 0 atom stereocenters. The number of likely N-dealkylation sites (N-methyl/N-ethyl adjacent to an activating group) is 1. The summed E-state index contributed by atoms with van der Waals surface area (Å²) in [6.45, 7) is 6.85. The number of alkyl halides is 2. The monoisotopic (exact) mass is 620 g/mol. The lowest BCUT2D eigenvalue weighted by atomic mass is 10.0. The number of ether oxygens (including phenoxy) is 2. The summed E-state index contributed by atoms with van der Waals surface area (Å²) in [5.74, 6) is -3.11. The first kappa shape index (κ1) is 31.6. The van der Waals surface area contributed by atoms with E-state index in [1.165, 1.54) is 17.8 Å². The van der Waals surface area contributed by atoms with Gasteiger partial charge in [-0.3, -0.25) is 9.59 Å². The molecule has 0 bridgehead atoms. The van der Waals surface area contributed by atoms with Crippen LogP contribution in [0.15, 0.2) is 24.4 Å². The van der Waals surface area contributed by atoms with Crippen molar-refractivity contribution in [3.63, 3.8) is 0 Å². The van der Waals surface area contributed by atoms with Crippen molar-refractivity contribution in [2.75, 3.05) is 56.0 Å². The van der Waals surface area contributed by atoms with Gasteiger partial charge in [-0.15, -0.1) is 5.10 Å². The lowest BCUT2D eigenvalue weighted by molar-refractivity contribution is -0.155. The number of esters is 2. The highest BCUT2D eigenvalue weighted by Crippen LogP contribution is 2.35. The third-order valence-electron chi connectivity index (χ3n) is 6.80. The van der Waals surface area contributed by atoms with Gasteiger partial charge < -0.3 is 30.3 Å². The molecule has 230 valence electrons. The summed E-state index contributed by atoms with van der Waals surface area (Å²) in [6.07, 6.45) is -1.74. The van der Waals surface area contributed by atoms with Gasteiger partial charge in [0, 0.05) is 31.7 Å². The SMILES string of the molecule is Cc1c(Cl)nc(N)c(C(=O)Nc2cc(-n3cc(C(=O)OCOC(=O)C(C)C)nn3)ccc2N2CCN(C)CC2)c1C(F)F. The van der Waals surface area contributed by atoms with Crippen LogP contribution in [0.25, 0.3) is 5.69 Å². The summed E-state index contributed by atoms with van der Waals surface area (Å²) in [5, 5.41) is 10.3. The van der Waals surface area contributed by atoms with Gasteiger partial charge in [0.25, 0.3) is 12.3 Å². The van der Waals surface area contributed by atoms with Crippen LogP contribution in [0.5, 0.6) is 0 Å². The van der Waals surface area contributed by atoms with E-state index in [0.29, 0.717) is 24.5 Å². The molecule has 1 fully saturated rings. The predicted molar refractivity (Wildman–Crippen MR) is 154 cm³/mol. The molecule has 2 aromatic heterocycles. The molecule has 16 heteroatoms. The maximum Gasteiger partial charge on any atom is 0.363 e. The van der Waals surface area contributed by atoms with Crippen molar-refractivity contribution in [2.24, 2.45) is 5.92 Å². The fourth-order valence-electron chi connectivity index (χ4n) is 4.33. The number of hydrogen-bond donors (Lipinski definition) is 2. The minimum absolute atomic E-state index is 0.0509. The van der Waals surface area contributed by atoms with E-state index in [9.17, 15) is 23.2 Å². The van der Waals surface area contributed by atoms with Crippen LogP contribution >= 0.6 is 11.6 Å². The molecule has 1 amide bonds. The van der Waals surface area contributed by atoms with Crippen molar-refractivity contribution in [3.05, 3.63) is 51.9 Å². The zero-order valence-corrected chi connectivity index (χ0v) is 24.7. The highest BCUT2D eigenvalue weighted by molar-refractivity contribution is 6.30. The van der Waals surface area contributed by atoms with E-state index in [1.54, 1.807) is 32.0 Å². The Morgan fingerprint density at radius 3 is 2.49 bits per heavy atom. The summed E-state index contributed by atoms with van der Waals surface area (Å²) in [6, 6.07) is 5.00. The number of piperazine rings is 1. The standard InChI is InChI=1S/C27H31ClF2N8O5/c1-14(2)26(40)42-13-43-27(41)18-12-38(35-34-18)16-5-6-19(37-9-7-36(4)8-10-37)17(11-16)32-25(39)21-20(23(29)30)15(3)22(28)33-24(21)31/h5-6,11-12,14,23H,7-10,13H2,1-4H3,(H2,31,33)(H,32,39). The summed E-state index contributed by atoms with van der Waals surface area (Å²) in [4.78, 5) is 45.5. The predicted octanol–water partition coefficient (Wildman–Crippen LogP) is 3.46. The first-order valence-electron chi connectivity index (χ1n) is 13.3. The second-order valence-electron chi connectivity index (χ2n) is 10.2. The topological polar surface area (TPSA) is 158 Å².